The molecule has 0 amide bonds. The molecule has 4 N–H and O–H groups in total. The number of benzene rings is 4. The van der Waals surface area contributed by atoms with E-state index in [2.05, 4.69) is 93.6 Å². The molecule has 0 fully saturated rings. The summed E-state index contributed by atoms with van der Waals surface area (Å²) in [6, 6.07) is 35.2. The van der Waals surface area contributed by atoms with Gasteiger partial charge in [0.2, 0.25) is 0 Å². The summed E-state index contributed by atoms with van der Waals surface area (Å²) >= 11 is 0. The van der Waals surface area contributed by atoms with Gasteiger partial charge in [0.25, 0.3) is 0 Å². The molecule has 0 saturated heterocycles. The van der Waals surface area contributed by atoms with Crippen molar-refractivity contribution in [2.45, 2.75) is 64.2 Å². The number of nitrogen functional groups attached to an aromatic ring is 2. The number of anilines is 2. The van der Waals surface area contributed by atoms with Crippen LogP contribution >= 0.6 is 0 Å². The maximum absolute atomic E-state index is 5.90. The van der Waals surface area contributed by atoms with E-state index in [4.69, 9.17) is 11.5 Å². The van der Waals surface area contributed by atoms with Crippen molar-refractivity contribution in [3.63, 3.8) is 0 Å². The Hall–Kier alpha value is -3.52. The van der Waals surface area contributed by atoms with Crippen LogP contribution in [0.25, 0.3) is 0 Å². The second-order valence-corrected chi connectivity index (χ2v) is 9.97. The highest BCUT2D eigenvalue weighted by molar-refractivity contribution is 5.44. The molecule has 0 aliphatic carbocycles. The lowest BCUT2D eigenvalue weighted by Crippen LogP contribution is -2.05. The van der Waals surface area contributed by atoms with E-state index in [1.165, 1.54) is 33.4 Å². The van der Waals surface area contributed by atoms with E-state index < -0.39 is 0 Å². The molecule has 3 atom stereocenters. The summed E-state index contributed by atoms with van der Waals surface area (Å²) in [5.41, 5.74) is 21.6. The van der Waals surface area contributed by atoms with Crippen LogP contribution < -0.4 is 11.5 Å². The zero-order valence-corrected chi connectivity index (χ0v) is 22.0. The van der Waals surface area contributed by atoms with E-state index in [0.29, 0.717) is 17.8 Å². The molecular formula is C34H40N2. The fourth-order valence-electron chi connectivity index (χ4n) is 5.45. The van der Waals surface area contributed by atoms with E-state index in [1.54, 1.807) is 0 Å². The van der Waals surface area contributed by atoms with Gasteiger partial charge in [-0.2, -0.15) is 0 Å². The van der Waals surface area contributed by atoms with Gasteiger partial charge in [-0.3, -0.25) is 0 Å². The summed E-state index contributed by atoms with van der Waals surface area (Å²) in [6.45, 7) is 6.80. The number of nitrogens with two attached hydrogens (primary N) is 2. The average Bonchev–Trinajstić information content (AvgIpc) is 2.91. The maximum atomic E-state index is 5.90. The van der Waals surface area contributed by atoms with Gasteiger partial charge in [0.15, 0.2) is 0 Å². The van der Waals surface area contributed by atoms with Crippen LogP contribution in [0.5, 0.6) is 0 Å². The number of rotatable bonds is 10. The van der Waals surface area contributed by atoms with Gasteiger partial charge in [0.05, 0.1) is 0 Å². The minimum Gasteiger partial charge on any atom is -0.399 e. The molecule has 186 valence electrons. The highest BCUT2D eigenvalue weighted by Crippen LogP contribution is 2.32. The lowest BCUT2D eigenvalue weighted by molar-refractivity contribution is 0.658. The van der Waals surface area contributed by atoms with E-state index in [1.807, 2.05) is 24.3 Å². The Morgan fingerprint density at radius 1 is 0.444 bits per heavy atom. The quantitative estimate of drug-likeness (QED) is 0.225. The molecule has 0 saturated carbocycles. The van der Waals surface area contributed by atoms with Crippen LogP contribution in [0.3, 0.4) is 0 Å². The predicted octanol–water partition coefficient (Wildman–Crippen LogP) is 8.67. The normalized spacial score (nSPS) is 13.8. The molecule has 0 aliphatic heterocycles. The predicted molar refractivity (Wildman–Crippen MR) is 156 cm³/mol. The molecule has 0 aliphatic rings. The van der Waals surface area contributed by atoms with E-state index in [-0.39, 0.29) is 0 Å². The van der Waals surface area contributed by atoms with Crippen molar-refractivity contribution in [2.75, 3.05) is 11.5 Å². The summed E-state index contributed by atoms with van der Waals surface area (Å²) in [6.07, 6.45) is 4.33. The Morgan fingerprint density at radius 2 is 0.778 bits per heavy atom. The van der Waals surface area contributed by atoms with Crippen LogP contribution in [0.2, 0.25) is 0 Å². The molecule has 2 heteroatoms. The van der Waals surface area contributed by atoms with E-state index in [0.717, 1.165) is 37.1 Å². The minimum absolute atomic E-state index is 0.403. The lowest BCUT2D eigenvalue weighted by Gasteiger charge is -2.20. The zero-order chi connectivity index (χ0) is 25.5. The summed E-state index contributed by atoms with van der Waals surface area (Å²) in [5.74, 6) is 1.32. The Labute approximate surface area is 217 Å². The summed E-state index contributed by atoms with van der Waals surface area (Å²) in [7, 11) is 0. The molecule has 4 rings (SSSR count). The topological polar surface area (TPSA) is 52.0 Å². The second-order valence-electron chi connectivity index (χ2n) is 9.97. The van der Waals surface area contributed by atoms with Crippen LogP contribution in [0.4, 0.5) is 11.4 Å². The first-order valence-electron chi connectivity index (χ1n) is 13.4. The molecule has 2 nitrogen and oxygen atoms in total. The van der Waals surface area contributed by atoms with Crippen molar-refractivity contribution in [1.29, 1.82) is 0 Å². The van der Waals surface area contributed by atoms with Crippen LogP contribution in [-0.4, -0.2) is 0 Å². The van der Waals surface area contributed by atoms with Crippen LogP contribution in [0.15, 0.2) is 97.1 Å². The van der Waals surface area contributed by atoms with Gasteiger partial charge < -0.3 is 11.5 Å². The van der Waals surface area contributed by atoms with E-state index >= 15 is 0 Å². The van der Waals surface area contributed by atoms with Crippen LogP contribution in [-0.2, 0) is 6.42 Å². The molecule has 0 heterocycles. The number of hydrogen-bond donors (Lipinski definition) is 2. The lowest BCUT2D eigenvalue weighted by atomic mass is 9.84. The second kappa shape index (κ2) is 11.9. The average molecular weight is 477 g/mol. The van der Waals surface area contributed by atoms with Gasteiger partial charge in [0.1, 0.15) is 0 Å². The fraction of sp³-hybridized carbons (Fsp3) is 0.294. The molecule has 0 bridgehead atoms. The molecule has 0 spiro atoms. The summed E-state index contributed by atoms with van der Waals surface area (Å²) in [4.78, 5) is 0. The summed E-state index contributed by atoms with van der Waals surface area (Å²) < 4.78 is 0. The van der Waals surface area contributed by atoms with Gasteiger partial charge in [-0.15, -0.1) is 0 Å². The Kier molecular flexibility index (Phi) is 8.48. The minimum atomic E-state index is 0.403. The Bertz CT molecular complexity index is 1210. The maximum Gasteiger partial charge on any atom is 0.0314 e. The van der Waals surface area contributed by atoms with Crippen molar-refractivity contribution in [2.24, 2.45) is 0 Å². The van der Waals surface area contributed by atoms with Gasteiger partial charge in [-0.05, 0) is 89.2 Å². The van der Waals surface area contributed by atoms with Crippen molar-refractivity contribution in [3.05, 3.63) is 130 Å². The highest BCUT2D eigenvalue weighted by Gasteiger charge is 2.16. The Morgan fingerprint density at radius 3 is 1.14 bits per heavy atom. The van der Waals surface area contributed by atoms with Gasteiger partial charge in [-0.1, -0.05) is 93.6 Å². The van der Waals surface area contributed by atoms with Gasteiger partial charge in [-0.25, -0.2) is 0 Å². The molecular weight excluding hydrogens is 436 g/mol. The van der Waals surface area contributed by atoms with Crippen molar-refractivity contribution in [3.8, 4) is 0 Å². The molecule has 36 heavy (non-hydrogen) atoms. The highest BCUT2D eigenvalue weighted by atomic mass is 14.5. The fourth-order valence-corrected chi connectivity index (χ4v) is 5.45. The largest absolute Gasteiger partial charge is 0.399 e. The smallest absolute Gasteiger partial charge is 0.0314 e. The molecule has 3 unspecified atom stereocenters. The molecule has 4 aromatic carbocycles. The molecule has 4 aromatic rings. The third kappa shape index (κ3) is 5.99. The van der Waals surface area contributed by atoms with Crippen molar-refractivity contribution >= 4 is 11.4 Å². The Balaban J connectivity index is 1.46. The van der Waals surface area contributed by atoms with Crippen molar-refractivity contribution < 1.29 is 0 Å². The first-order valence-corrected chi connectivity index (χ1v) is 13.4. The van der Waals surface area contributed by atoms with Crippen LogP contribution in [0.1, 0.15) is 91.2 Å². The van der Waals surface area contributed by atoms with E-state index in [9.17, 15) is 0 Å². The van der Waals surface area contributed by atoms with Gasteiger partial charge in [0, 0.05) is 23.2 Å². The van der Waals surface area contributed by atoms with Gasteiger partial charge >= 0.3 is 0 Å². The standard InChI is InChI=1S/C34H40N2/c1-4-25(26-11-13-28(14-12-26)34(6-3)30-17-21-32(36)22-18-30)23-24-7-9-27(10-8-24)33(5-2)29-15-19-31(35)20-16-29/h7-22,25,33-34H,4-6,23,35-36H2,1-3H3. The monoisotopic (exact) mass is 476 g/mol. The number of hydrogen-bond acceptors (Lipinski definition) is 2. The van der Waals surface area contributed by atoms with Crippen LogP contribution in [0, 0.1) is 0 Å². The first-order chi connectivity index (χ1) is 17.5. The zero-order valence-electron chi connectivity index (χ0n) is 22.0. The third-order valence-corrected chi connectivity index (χ3v) is 7.66. The molecule has 0 radical (unpaired) electrons. The third-order valence-electron chi connectivity index (χ3n) is 7.66. The summed E-state index contributed by atoms with van der Waals surface area (Å²) in [5, 5.41) is 0. The molecule has 0 aromatic heterocycles. The first kappa shape index (κ1) is 25.6. The van der Waals surface area contributed by atoms with Crippen molar-refractivity contribution in [1.82, 2.24) is 0 Å². The SMILES string of the molecule is CCC(Cc1ccc(C(CC)c2ccc(N)cc2)cc1)c1ccc(C(CC)c2ccc(N)cc2)cc1.